The first kappa shape index (κ1) is 20.0. The summed E-state index contributed by atoms with van der Waals surface area (Å²) < 4.78 is 13.6. The van der Waals surface area contributed by atoms with Gasteiger partial charge in [0.15, 0.2) is 0 Å². The number of carbonyl (C=O) groups excluding carboxylic acids is 1. The lowest BCUT2D eigenvalue weighted by atomic mass is 10.1. The molecule has 1 saturated heterocycles. The maximum Gasteiger partial charge on any atom is 0.251 e. The van der Waals surface area contributed by atoms with Gasteiger partial charge in [0.25, 0.3) is 5.91 Å². The van der Waals surface area contributed by atoms with Gasteiger partial charge in [-0.1, -0.05) is 24.6 Å². The predicted molar refractivity (Wildman–Crippen MR) is 109 cm³/mol. The molecule has 156 valence electrons. The molecule has 1 N–H and O–H groups in total. The molecular formula is C22H30N4O3. The van der Waals surface area contributed by atoms with E-state index in [0.717, 1.165) is 56.2 Å². The molecule has 1 amide bonds. The smallest absolute Gasteiger partial charge is 0.251 e. The van der Waals surface area contributed by atoms with Gasteiger partial charge in [0, 0.05) is 44.7 Å². The van der Waals surface area contributed by atoms with E-state index in [9.17, 15) is 4.79 Å². The molecule has 4 rings (SSSR count). The molecule has 0 saturated carbocycles. The second-order valence-electron chi connectivity index (χ2n) is 7.78. The lowest BCUT2D eigenvalue weighted by Gasteiger charge is -2.22. The number of ether oxygens (including phenoxy) is 2. The fourth-order valence-corrected chi connectivity index (χ4v) is 4.03. The molecule has 0 unspecified atom stereocenters. The fourth-order valence-electron chi connectivity index (χ4n) is 4.03. The van der Waals surface area contributed by atoms with Crippen LogP contribution in [0.15, 0.2) is 24.3 Å². The Morgan fingerprint density at radius 2 is 2.03 bits per heavy atom. The Morgan fingerprint density at radius 3 is 2.93 bits per heavy atom. The molecule has 0 spiro atoms. The minimum absolute atomic E-state index is 0.0632. The van der Waals surface area contributed by atoms with Gasteiger partial charge in [0.1, 0.15) is 11.6 Å². The molecule has 1 fully saturated rings. The number of hydrogen-bond donors (Lipinski definition) is 1. The first-order valence-electron chi connectivity index (χ1n) is 10.8. The second kappa shape index (κ2) is 9.98. The Bertz CT molecular complexity index is 814. The average Bonchev–Trinajstić information content (AvgIpc) is 2.99. The minimum atomic E-state index is -0.0632. The molecule has 0 atom stereocenters. The van der Waals surface area contributed by atoms with Gasteiger partial charge in [-0.25, -0.2) is 0 Å². The normalized spacial score (nSPS) is 17.5. The van der Waals surface area contributed by atoms with Crippen LogP contribution in [0.4, 0.5) is 0 Å². The molecule has 29 heavy (non-hydrogen) atoms. The lowest BCUT2D eigenvalue weighted by molar-refractivity contribution is -0.0392. The van der Waals surface area contributed by atoms with E-state index in [1.54, 1.807) is 0 Å². The van der Waals surface area contributed by atoms with E-state index >= 15 is 0 Å². The van der Waals surface area contributed by atoms with Crippen LogP contribution >= 0.6 is 0 Å². The number of aromatic nitrogens is 3. The number of rotatable bonds is 7. The highest BCUT2D eigenvalue weighted by atomic mass is 16.5. The van der Waals surface area contributed by atoms with Crippen molar-refractivity contribution in [3.63, 3.8) is 0 Å². The van der Waals surface area contributed by atoms with Crippen molar-refractivity contribution in [2.75, 3.05) is 19.8 Å². The number of aryl methyl sites for hydroxylation is 1. The van der Waals surface area contributed by atoms with E-state index in [1.807, 2.05) is 24.3 Å². The zero-order valence-corrected chi connectivity index (χ0v) is 16.9. The van der Waals surface area contributed by atoms with Crippen molar-refractivity contribution in [3.05, 3.63) is 47.0 Å². The molecule has 3 heterocycles. The number of nitrogens with zero attached hydrogens (tertiary/aromatic N) is 3. The van der Waals surface area contributed by atoms with Crippen molar-refractivity contribution in [1.29, 1.82) is 0 Å². The highest BCUT2D eigenvalue weighted by Crippen LogP contribution is 2.17. The van der Waals surface area contributed by atoms with Crippen LogP contribution in [0, 0.1) is 0 Å². The van der Waals surface area contributed by atoms with Crippen LogP contribution in [0.3, 0.4) is 0 Å². The maximum absolute atomic E-state index is 12.8. The summed E-state index contributed by atoms with van der Waals surface area (Å²) in [5.41, 5.74) is 1.60. The largest absolute Gasteiger partial charge is 0.381 e. The van der Waals surface area contributed by atoms with Crippen LogP contribution in [0.5, 0.6) is 0 Å². The van der Waals surface area contributed by atoms with Gasteiger partial charge >= 0.3 is 0 Å². The second-order valence-corrected chi connectivity index (χ2v) is 7.78. The molecule has 2 aliphatic rings. The van der Waals surface area contributed by atoms with Crippen LogP contribution in [-0.4, -0.2) is 46.5 Å². The number of nitrogens with one attached hydrogen (secondary N) is 1. The summed E-state index contributed by atoms with van der Waals surface area (Å²) in [7, 11) is 0. The van der Waals surface area contributed by atoms with Gasteiger partial charge in [-0.05, 0) is 37.3 Å². The Morgan fingerprint density at radius 1 is 1.17 bits per heavy atom. The van der Waals surface area contributed by atoms with E-state index < -0.39 is 0 Å². The fraction of sp³-hybridized carbons (Fsp3) is 0.591. The van der Waals surface area contributed by atoms with Gasteiger partial charge in [0.05, 0.1) is 12.7 Å². The number of benzene rings is 1. The van der Waals surface area contributed by atoms with E-state index in [4.69, 9.17) is 9.47 Å². The summed E-state index contributed by atoms with van der Waals surface area (Å²) in [5, 5.41) is 11.7. The summed E-state index contributed by atoms with van der Waals surface area (Å²) in [6, 6.07) is 7.67. The quantitative estimate of drug-likeness (QED) is 0.776. The predicted octanol–water partition coefficient (Wildman–Crippen LogP) is 2.67. The molecule has 0 aliphatic carbocycles. The summed E-state index contributed by atoms with van der Waals surface area (Å²) >= 11 is 0. The van der Waals surface area contributed by atoms with Crippen LogP contribution in [0.25, 0.3) is 0 Å². The Balaban J connectivity index is 1.31. The first-order chi connectivity index (χ1) is 14.3. The van der Waals surface area contributed by atoms with Gasteiger partial charge in [-0.15, -0.1) is 10.2 Å². The number of carbonyl (C=O) groups is 1. The van der Waals surface area contributed by atoms with Crippen molar-refractivity contribution in [3.8, 4) is 0 Å². The average molecular weight is 399 g/mol. The Kier molecular flexibility index (Phi) is 6.90. The van der Waals surface area contributed by atoms with Crippen molar-refractivity contribution in [2.24, 2.45) is 0 Å². The highest BCUT2D eigenvalue weighted by Gasteiger charge is 2.17. The lowest BCUT2D eigenvalue weighted by Crippen LogP contribution is -2.28. The summed E-state index contributed by atoms with van der Waals surface area (Å²) in [6.07, 6.45) is 7.33. The first-order valence-corrected chi connectivity index (χ1v) is 10.8. The molecule has 1 aromatic carbocycles. The summed E-state index contributed by atoms with van der Waals surface area (Å²) in [5.74, 6) is 1.99. The number of amides is 1. The molecule has 2 aromatic rings. The van der Waals surface area contributed by atoms with Crippen molar-refractivity contribution < 1.29 is 14.3 Å². The van der Waals surface area contributed by atoms with Crippen LogP contribution in [-0.2, 0) is 35.5 Å². The third-order valence-electron chi connectivity index (χ3n) is 5.73. The molecule has 7 heteroatoms. The highest BCUT2D eigenvalue weighted by molar-refractivity contribution is 5.95. The number of fused-ring (bicyclic) bond motifs is 1. The minimum Gasteiger partial charge on any atom is -0.381 e. The van der Waals surface area contributed by atoms with Gasteiger partial charge in [-0.2, -0.15) is 0 Å². The third kappa shape index (κ3) is 5.22. The Labute approximate surface area is 171 Å². The third-order valence-corrected chi connectivity index (χ3v) is 5.73. The van der Waals surface area contributed by atoms with Crippen molar-refractivity contribution in [1.82, 2.24) is 20.1 Å². The van der Waals surface area contributed by atoms with E-state index in [1.165, 1.54) is 19.3 Å². The van der Waals surface area contributed by atoms with Gasteiger partial charge in [-0.3, -0.25) is 4.79 Å². The standard InChI is InChI=1S/C22H30N4O3/c27-22(23-12-9-21-25-24-20-8-2-1-5-13-26(20)21)19-7-4-3-6-17(19)16-29-18-10-14-28-15-11-18/h3-4,6-7,18H,1-2,5,8-16H2,(H,23,27). The zero-order chi connectivity index (χ0) is 19.9. The number of hydrogen-bond acceptors (Lipinski definition) is 5. The van der Waals surface area contributed by atoms with E-state index in [-0.39, 0.29) is 12.0 Å². The van der Waals surface area contributed by atoms with Crippen molar-refractivity contribution >= 4 is 5.91 Å². The van der Waals surface area contributed by atoms with Crippen LogP contribution in [0.2, 0.25) is 0 Å². The van der Waals surface area contributed by atoms with Crippen molar-refractivity contribution in [2.45, 2.75) is 64.2 Å². The summed E-state index contributed by atoms with van der Waals surface area (Å²) in [4.78, 5) is 12.8. The Hall–Kier alpha value is -2.25. The molecule has 0 bridgehead atoms. The monoisotopic (exact) mass is 398 g/mol. The van der Waals surface area contributed by atoms with Gasteiger partial charge < -0.3 is 19.4 Å². The molecule has 2 aliphatic heterocycles. The molecule has 0 radical (unpaired) electrons. The van der Waals surface area contributed by atoms with Crippen LogP contribution < -0.4 is 5.32 Å². The molecular weight excluding hydrogens is 368 g/mol. The van der Waals surface area contributed by atoms with E-state index in [2.05, 4.69) is 20.1 Å². The van der Waals surface area contributed by atoms with E-state index in [0.29, 0.717) is 25.1 Å². The molecule has 1 aromatic heterocycles. The zero-order valence-electron chi connectivity index (χ0n) is 16.9. The maximum atomic E-state index is 12.8. The van der Waals surface area contributed by atoms with Gasteiger partial charge in [0.2, 0.25) is 0 Å². The SMILES string of the molecule is O=C(NCCc1nnc2n1CCCCC2)c1ccccc1COC1CCOCC1. The van der Waals surface area contributed by atoms with Crippen LogP contribution in [0.1, 0.15) is 59.7 Å². The molecule has 7 nitrogen and oxygen atoms in total. The summed E-state index contributed by atoms with van der Waals surface area (Å²) in [6.45, 7) is 3.48. The topological polar surface area (TPSA) is 78.3 Å².